The van der Waals surface area contributed by atoms with Crippen LogP contribution in [0.1, 0.15) is 45.4 Å². The van der Waals surface area contributed by atoms with Crippen molar-refractivity contribution in [2.75, 3.05) is 0 Å². The van der Waals surface area contributed by atoms with Crippen molar-refractivity contribution in [2.45, 2.75) is 70.6 Å². The Labute approximate surface area is 91.8 Å². The average molecular weight is 212 g/mol. The molecule has 0 saturated carbocycles. The van der Waals surface area contributed by atoms with Gasteiger partial charge < -0.3 is 0 Å². The van der Waals surface area contributed by atoms with Crippen LogP contribution in [0.4, 0.5) is 0 Å². The molecule has 0 aromatic carbocycles. The molecule has 1 heteroatoms. The summed E-state index contributed by atoms with van der Waals surface area (Å²) in [6.45, 7) is 13.6. The summed E-state index contributed by atoms with van der Waals surface area (Å²) < 4.78 is 0. The van der Waals surface area contributed by atoms with Gasteiger partial charge in [-0.3, -0.25) is 0 Å². The monoisotopic (exact) mass is 212 g/mol. The topological polar surface area (TPSA) is 0 Å². The van der Waals surface area contributed by atoms with Gasteiger partial charge in [-0.2, -0.15) is 0 Å². The smallest absolute Gasteiger partial charge is 0.0513 e. The lowest BCUT2D eigenvalue weighted by Gasteiger charge is -2.25. The molecule has 84 valence electrons. The first-order valence-electron chi connectivity index (χ1n) is 6.15. The Bertz CT molecular complexity index is 144. The van der Waals surface area contributed by atoms with Gasteiger partial charge in [-0.05, 0) is 12.0 Å². The second-order valence-corrected chi connectivity index (χ2v) is 10.9. The second-order valence-electron chi connectivity index (χ2n) is 5.41. The Morgan fingerprint density at radius 3 is 2.07 bits per heavy atom. The summed E-state index contributed by atoms with van der Waals surface area (Å²) in [4.78, 5) is 0. The van der Waals surface area contributed by atoms with Crippen LogP contribution in [-0.4, -0.2) is 8.07 Å². The number of hydrogen-bond donors (Lipinski definition) is 0. The van der Waals surface area contributed by atoms with Crippen molar-refractivity contribution in [2.24, 2.45) is 0 Å². The predicted molar refractivity (Wildman–Crippen MR) is 70.7 cm³/mol. The SMILES string of the molecule is C=CC(CCCCCCC)[Si](C)(C)C. The highest BCUT2D eigenvalue weighted by atomic mass is 28.3. The second kappa shape index (κ2) is 7.28. The first-order valence-corrected chi connectivity index (χ1v) is 9.72. The van der Waals surface area contributed by atoms with Gasteiger partial charge in [0.05, 0.1) is 8.07 Å². The number of hydrogen-bond acceptors (Lipinski definition) is 0. The van der Waals surface area contributed by atoms with Crippen LogP contribution in [0.25, 0.3) is 0 Å². The third-order valence-corrected chi connectivity index (χ3v) is 5.76. The van der Waals surface area contributed by atoms with Gasteiger partial charge >= 0.3 is 0 Å². The fraction of sp³-hybridized carbons (Fsp3) is 0.846. The molecule has 0 rings (SSSR count). The maximum absolute atomic E-state index is 3.98. The highest BCUT2D eigenvalue weighted by Gasteiger charge is 2.22. The zero-order chi connectivity index (χ0) is 11.0. The Kier molecular flexibility index (Phi) is 7.25. The van der Waals surface area contributed by atoms with Crippen molar-refractivity contribution >= 4 is 8.07 Å². The number of unbranched alkanes of at least 4 members (excludes halogenated alkanes) is 4. The summed E-state index contributed by atoms with van der Waals surface area (Å²) in [5.74, 6) is 0. The van der Waals surface area contributed by atoms with Gasteiger partial charge in [0, 0.05) is 0 Å². The van der Waals surface area contributed by atoms with Gasteiger partial charge in [0.1, 0.15) is 0 Å². The lowest BCUT2D eigenvalue weighted by molar-refractivity contribution is 0.607. The molecule has 0 aliphatic heterocycles. The van der Waals surface area contributed by atoms with Gasteiger partial charge in [-0.25, -0.2) is 0 Å². The first-order chi connectivity index (χ1) is 6.52. The van der Waals surface area contributed by atoms with E-state index in [0.717, 1.165) is 5.54 Å². The molecule has 0 nitrogen and oxygen atoms in total. The van der Waals surface area contributed by atoms with E-state index in [1.807, 2.05) is 0 Å². The molecule has 0 saturated heterocycles. The van der Waals surface area contributed by atoms with E-state index in [-0.39, 0.29) is 0 Å². The van der Waals surface area contributed by atoms with Crippen LogP contribution in [0.3, 0.4) is 0 Å². The molecule has 1 atom stereocenters. The molecule has 14 heavy (non-hydrogen) atoms. The zero-order valence-electron chi connectivity index (χ0n) is 10.6. The summed E-state index contributed by atoms with van der Waals surface area (Å²) in [7, 11) is -0.973. The summed E-state index contributed by atoms with van der Waals surface area (Å²) in [6.07, 6.45) is 10.6. The van der Waals surface area contributed by atoms with Crippen molar-refractivity contribution < 1.29 is 0 Å². The van der Waals surface area contributed by atoms with Crippen LogP contribution < -0.4 is 0 Å². The van der Waals surface area contributed by atoms with Gasteiger partial charge in [0.15, 0.2) is 0 Å². The van der Waals surface area contributed by atoms with Gasteiger partial charge in [0.2, 0.25) is 0 Å². The van der Waals surface area contributed by atoms with Crippen LogP contribution in [-0.2, 0) is 0 Å². The van der Waals surface area contributed by atoms with E-state index in [0.29, 0.717) is 0 Å². The summed E-state index contributed by atoms with van der Waals surface area (Å²) in [5, 5.41) is 0. The highest BCUT2D eigenvalue weighted by Crippen LogP contribution is 2.28. The maximum atomic E-state index is 3.98. The van der Waals surface area contributed by atoms with Crippen molar-refractivity contribution in [3.05, 3.63) is 12.7 Å². The zero-order valence-corrected chi connectivity index (χ0v) is 11.6. The van der Waals surface area contributed by atoms with Crippen LogP contribution in [0, 0.1) is 0 Å². The third kappa shape index (κ3) is 6.42. The Balaban J connectivity index is 3.59. The molecular weight excluding hydrogens is 184 g/mol. The van der Waals surface area contributed by atoms with Crippen molar-refractivity contribution in [3.8, 4) is 0 Å². The van der Waals surface area contributed by atoms with Gasteiger partial charge in [-0.1, -0.05) is 64.7 Å². The molecule has 0 heterocycles. The molecule has 0 aliphatic carbocycles. The molecule has 0 radical (unpaired) electrons. The van der Waals surface area contributed by atoms with Crippen molar-refractivity contribution in [3.63, 3.8) is 0 Å². The quantitative estimate of drug-likeness (QED) is 0.293. The van der Waals surface area contributed by atoms with Crippen LogP contribution >= 0.6 is 0 Å². The normalized spacial score (nSPS) is 14.0. The molecule has 0 bridgehead atoms. The fourth-order valence-corrected chi connectivity index (χ4v) is 3.65. The maximum Gasteiger partial charge on any atom is 0.0513 e. The third-order valence-electron chi connectivity index (χ3n) is 3.02. The molecule has 0 fully saturated rings. The van der Waals surface area contributed by atoms with Crippen LogP contribution in [0.2, 0.25) is 25.2 Å². The lowest BCUT2D eigenvalue weighted by Crippen LogP contribution is -2.26. The lowest BCUT2D eigenvalue weighted by atomic mass is 10.1. The summed E-state index contributed by atoms with van der Waals surface area (Å²) in [6, 6.07) is 0. The van der Waals surface area contributed by atoms with Crippen LogP contribution in [0.15, 0.2) is 12.7 Å². The van der Waals surface area contributed by atoms with Crippen molar-refractivity contribution in [1.29, 1.82) is 0 Å². The number of allylic oxidation sites excluding steroid dienone is 1. The Morgan fingerprint density at radius 2 is 1.64 bits per heavy atom. The average Bonchev–Trinajstić information content (AvgIpc) is 2.09. The largest absolute Gasteiger partial charge is 0.103 e. The standard InChI is InChI=1S/C13H28Si/c1-6-8-9-10-11-12-13(7-2)14(3,4)5/h7,13H,2,6,8-12H2,1,3-5H3. The molecular formula is C13H28Si. The van der Waals surface area contributed by atoms with Crippen LogP contribution in [0.5, 0.6) is 0 Å². The van der Waals surface area contributed by atoms with Gasteiger partial charge in [0.25, 0.3) is 0 Å². The fourth-order valence-electron chi connectivity index (χ4n) is 1.87. The molecule has 0 amide bonds. The molecule has 0 aromatic rings. The van der Waals surface area contributed by atoms with E-state index in [2.05, 4.69) is 39.2 Å². The van der Waals surface area contributed by atoms with E-state index in [1.54, 1.807) is 0 Å². The Hall–Kier alpha value is -0.0431. The first kappa shape index (κ1) is 14.0. The van der Waals surface area contributed by atoms with Gasteiger partial charge in [-0.15, -0.1) is 6.58 Å². The molecule has 0 N–H and O–H groups in total. The minimum absolute atomic E-state index is 0.823. The number of rotatable bonds is 8. The van der Waals surface area contributed by atoms with E-state index in [4.69, 9.17) is 0 Å². The summed E-state index contributed by atoms with van der Waals surface area (Å²) >= 11 is 0. The highest BCUT2D eigenvalue weighted by molar-refractivity contribution is 6.78. The molecule has 1 unspecified atom stereocenters. The molecule has 0 aromatic heterocycles. The Morgan fingerprint density at radius 1 is 1.07 bits per heavy atom. The van der Waals surface area contributed by atoms with E-state index >= 15 is 0 Å². The predicted octanol–water partition coefficient (Wildman–Crippen LogP) is 5.24. The van der Waals surface area contributed by atoms with E-state index in [1.165, 1.54) is 38.5 Å². The van der Waals surface area contributed by atoms with Crippen molar-refractivity contribution in [1.82, 2.24) is 0 Å². The van der Waals surface area contributed by atoms with E-state index < -0.39 is 8.07 Å². The van der Waals surface area contributed by atoms with E-state index in [9.17, 15) is 0 Å². The molecule has 0 spiro atoms. The minimum atomic E-state index is -0.973. The molecule has 0 aliphatic rings. The summed E-state index contributed by atoms with van der Waals surface area (Å²) in [5.41, 5.74) is 0.823. The minimum Gasteiger partial charge on any atom is -0.103 e.